The average Bonchev–Trinajstić information content (AvgIpc) is 3.67. The number of benzene rings is 3. The number of halogens is 3. The molecule has 57 heavy (non-hydrogen) atoms. The highest BCUT2D eigenvalue weighted by Gasteiger charge is 2.37. The molecule has 4 aliphatic rings. The van der Waals surface area contributed by atoms with Gasteiger partial charge < -0.3 is 19.7 Å². The number of fused-ring (bicyclic) bond motifs is 1. The molecule has 1 aromatic heterocycles. The Morgan fingerprint density at radius 3 is 2.26 bits per heavy atom. The number of amides is 4. The molecule has 2 N–H and O–H groups in total. The number of aromatic amines is 1. The summed E-state index contributed by atoms with van der Waals surface area (Å²) in [5, 5.41) is 2.99. The molecule has 0 spiro atoms. The fraction of sp³-hybridized carbons (Fsp3) is 0.455. The number of imide groups is 1. The summed E-state index contributed by atoms with van der Waals surface area (Å²) in [6.45, 7) is 6.90. The molecule has 10 nitrogen and oxygen atoms in total. The van der Waals surface area contributed by atoms with Gasteiger partial charge in [0, 0.05) is 102 Å². The number of likely N-dealkylation sites (tertiary alicyclic amines) is 2. The molecule has 4 fully saturated rings. The van der Waals surface area contributed by atoms with E-state index in [1.165, 1.54) is 17.4 Å². The third-order valence-corrected chi connectivity index (χ3v) is 12.5. The van der Waals surface area contributed by atoms with Crippen LogP contribution in [0.25, 0.3) is 22.0 Å². The zero-order valence-electron chi connectivity index (χ0n) is 32.3. The van der Waals surface area contributed by atoms with E-state index in [0.29, 0.717) is 36.9 Å². The van der Waals surface area contributed by atoms with Crippen molar-refractivity contribution in [3.8, 4) is 11.1 Å². The van der Waals surface area contributed by atoms with Crippen molar-refractivity contribution in [2.45, 2.75) is 69.6 Å². The average molecular weight is 783 g/mol. The monoisotopic (exact) mass is 782 g/mol. The molecule has 0 aliphatic carbocycles. The van der Waals surface area contributed by atoms with Gasteiger partial charge in [-0.1, -0.05) is 36.4 Å². The molecule has 4 saturated heterocycles. The standard InChI is InChI=1S/C44H49F3N6O4/c1-28(54)53-17-2-3-32(27-53)36-25-35(37-26-38(48-41(37)40(36)45)43(57)52-19-15-44(46,47)16-20-52)31-8-10-33(11-9-31)51-23-21-50(22-24-51)18-14-29-4-6-30(7-5-29)34-12-13-39(55)49-42(34)56/h4-11,25-26,32,34,48H,2-3,12-24,27H2,1H3,(H,49,55,56)/t32-,34?/m1/s1. The van der Waals surface area contributed by atoms with Gasteiger partial charge in [-0.3, -0.25) is 29.4 Å². The van der Waals surface area contributed by atoms with Gasteiger partial charge in [0.25, 0.3) is 11.8 Å². The zero-order chi connectivity index (χ0) is 39.8. The maximum absolute atomic E-state index is 16.5. The van der Waals surface area contributed by atoms with Crippen LogP contribution in [0.5, 0.6) is 0 Å². The minimum atomic E-state index is -2.80. The Hall–Kier alpha value is -5.17. The van der Waals surface area contributed by atoms with Gasteiger partial charge in [0.15, 0.2) is 5.82 Å². The number of hydrogen-bond donors (Lipinski definition) is 2. The van der Waals surface area contributed by atoms with Crippen LogP contribution in [0, 0.1) is 5.82 Å². The molecular formula is C44H49F3N6O4. The fourth-order valence-corrected chi connectivity index (χ4v) is 8.95. The summed E-state index contributed by atoms with van der Waals surface area (Å²) in [6, 6.07) is 19.9. The van der Waals surface area contributed by atoms with Gasteiger partial charge in [-0.2, -0.15) is 0 Å². The number of nitrogens with one attached hydrogen (secondary N) is 2. The van der Waals surface area contributed by atoms with E-state index < -0.39 is 30.5 Å². The van der Waals surface area contributed by atoms with Crippen molar-refractivity contribution in [2.75, 3.05) is 63.8 Å². The molecule has 2 atom stereocenters. The Bertz CT molecular complexity index is 2150. The van der Waals surface area contributed by atoms with Crippen LogP contribution >= 0.6 is 0 Å². The minimum absolute atomic E-state index is 0.0454. The van der Waals surface area contributed by atoms with E-state index in [2.05, 4.69) is 44.4 Å². The molecule has 4 amide bonds. The van der Waals surface area contributed by atoms with E-state index in [1.54, 1.807) is 11.0 Å². The first kappa shape index (κ1) is 38.7. The lowest BCUT2D eigenvalue weighted by atomic mass is 9.87. The highest BCUT2D eigenvalue weighted by atomic mass is 19.3. The number of hydrogen-bond acceptors (Lipinski definition) is 6. The van der Waals surface area contributed by atoms with Gasteiger partial charge in [0.1, 0.15) is 5.69 Å². The van der Waals surface area contributed by atoms with E-state index in [1.807, 2.05) is 30.3 Å². The third-order valence-electron chi connectivity index (χ3n) is 12.5. The van der Waals surface area contributed by atoms with E-state index in [4.69, 9.17) is 0 Å². The van der Waals surface area contributed by atoms with E-state index in [9.17, 15) is 28.0 Å². The van der Waals surface area contributed by atoms with Crippen molar-refractivity contribution in [3.05, 3.63) is 88.9 Å². The van der Waals surface area contributed by atoms with Crippen molar-refractivity contribution in [1.82, 2.24) is 25.0 Å². The molecule has 300 valence electrons. The van der Waals surface area contributed by atoms with Crippen LogP contribution in [0.3, 0.4) is 0 Å². The minimum Gasteiger partial charge on any atom is -0.369 e. The molecule has 5 heterocycles. The SMILES string of the molecule is CC(=O)N1CCC[C@@H](c2cc(-c3ccc(N4CCN(CCc5ccc(C6CCC(=O)NC6=O)cc5)CC4)cc3)c3cc(C(=O)N4CCC(F)(F)CC4)[nH]c3c2F)C1. The maximum Gasteiger partial charge on any atom is 0.270 e. The summed E-state index contributed by atoms with van der Waals surface area (Å²) < 4.78 is 44.3. The number of nitrogens with zero attached hydrogens (tertiary/aromatic N) is 4. The Morgan fingerprint density at radius 1 is 0.860 bits per heavy atom. The first-order valence-electron chi connectivity index (χ1n) is 20.2. The predicted molar refractivity (Wildman–Crippen MR) is 212 cm³/mol. The lowest BCUT2D eigenvalue weighted by molar-refractivity contribution is -0.134. The second-order valence-electron chi connectivity index (χ2n) is 16.1. The van der Waals surface area contributed by atoms with Crippen LogP contribution in [0.4, 0.5) is 18.9 Å². The highest BCUT2D eigenvalue weighted by molar-refractivity contribution is 6.04. The van der Waals surface area contributed by atoms with Crippen molar-refractivity contribution >= 4 is 40.2 Å². The number of rotatable bonds is 8. The van der Waals surface area contributed by atoms with Gasteiger partial charge in [-0.25, -0.2) is 13.2 Å². The smallest absolute Gasteiger partial charge is 0.270 e. The number of piperidine rings is 3. The van der Waals surface area contributed by atoms with E-state index >= 15 is 4.39 Å². The third kappa shape index (κ3) is 8.30. The number of H-pyrrole nitrogens is 1. The second kappa shape index (κ2) is 16.0. The zero-order valence-corrected chi connectivity index (χ0v) is 32.3. The van der Waals surface area contributed by atoms with Gasteiger partial charge >= 0.3 is 0 Å². The van der Waals surface area contributed by atoms with Gasteiger partial charge in [-0.15, -0.1) is 0 Å². The number of carbonyl (C=O) groups is 4. The Morgan fingerprint density at radius 2 is 1.58 bits per heavy atom. The van der Waals surface area contributed by atoms with Gasteiger partial charge in [0.05, 0.1) is 11.4 Å². The van der Waals surface area contributed by atoms with Crippen molar-refractivity contribution in [2.24, 2.45) is 0 Å². The topological polar surface area (TPSA) is 109 Å². The molecule has 4 aliphatic heterocycles. The maximum atomic E-state index is 16.5. The second-order valence-corrected chi connectivity index (χ2v) is 16.1. The van der Waals surface area contributed by atoms with Crippen LogP contribution < -0.4 is 10.2 Å². The number of alkyl halides is 2. The summed E-state index contributed by atoms with van der Waals surface area (Å²) in [4.78, 5) is 60.6. The van der Waals surface area contributed by atoms with Crippen LogP contribution in [0.15, 0.2) is 60.7 Å². The Labute approximate surface area is 330 Å². The van der Waals surface area contributed by atoms with Crippen molar-refractivity contribution in [3.63, 3.8) is 0 Å². The quantitative estimate of drug-likeness (QED) is 0.199. The van der Waals surface area contributed by atoms with E-state index in [-0.39, 0.29) is 53.9 Å². The molecule has 4 aromatic rings. The molecule has 1 unspecified atom stereocenters. The number of anilines is 1. The summed E-state index contributed by atoms with van der Waals surface area (Å²) >= 11 is 0. The summed E-state index contributed by atoms with van der Waals surface area (Å²) in [5.41, 5.74) is 5.72. The Balaban J connectivity index is 0.961. The van der Waals surface area contributed by atoms with Crippen LogP contribution in [-0.2, 0) is 20.8 Å². The molecule has 8 rings (SSSR count). The van der Waals surface area contributed by atoms with Crippen LogP contribution in [0.2, 0.25) is 0 Å². The van der Waals surface area contributed by atoms with E-state index in [0.717, 1.165) is 74.4 Å². The fourth-order valence-electron chi connectivity index (χ4n) is 8.95. The normalized spacial score (nSPS) is 21.9. The first-order valence-corrected chi connectivity index (χ1v) is 20.2. The number of piperazine rings is 1. The molecule has 0 radical (unpaired) electrons. The number of aromatic nitrogens is 1. The largest absolute Gasteiger partial charge is 0.369 e. The molecule has 3 aromatic carbocycles. The van der Waals surface area contributed by atoms with Gasteiger partial charge in [-0.05, 0) is 77.8 Å². The van der Waals surface area contributed by atoms with Crippen molar-refractivity contribution in [1.29, 1.82) is 0 Å². The summed E-state index contributed by atoms with van der Waals surface area (Å²) in [5.74, 6) is -4.64. The summed E-state index contributed by atoms with van der Waals surface area (Å²) in [6.07, 6.45) is 2.48. The first-order chi connectivity index (χ1) is 27.4. The Kier molecular flexibility index (Phi) is 10.9. The molecule has 0 saturated carbocycles. The molecule has 13 heteroatoms. The lowest BCUT2D eigenvalue weighted by Gasteiger charge is -2.36. The lowest BCUT2D eigenvalue weighted by Crippen LogP contribution is -2.47. The van der Waals surface area contributed by atoms with Gasteiger partial charge in [0.2, 0.25) is 17.7 Å². The van der Waals surface area contributed by atoms with Crippen molar-refractivity contribution < 1.29 is 32.3 Å². The van der Waals surface area contributed by atoms with Crippen LogP contribution in [0.1, 0.15) is 84.5 Å². The highest BCUT2D eigenvalue weighted by Crippen LogP contribution is 2.39. The summed E-state index contributed by atoms with van der Waals surface area (Å²) in [7, 11) is 0. The molecule has 0 bridgehead atoms. The predicted octanol–water partition coefficient (Wildman–Crippen LogP) is 6.46. The number of carbonyl (C=O) groups excluding carboxylic acids is 4. The van der Waals surface area contributed by atoms with Crippen LogP contribution in [-0.4, -0.2) is 108 Å². The molecular weight excluding hydrogens is 734 g/mol.